The van der Waals surface area contributed by atoms with E-state index in [-0.39, 0.29) is 18.8 Å². The lowest BCUT2D eigenvalue weighted by Crippen LogP contribution is -2.13. The Hall–Kier alpha value is -1.91. The van der Waals surface area contributed by atoms with Crippen LogP contribution >= 0.6 is 0 Å². The third kappa shape index (κ3) is 4.22. The molecule has 0 saturated heterocycles. The molecule has 1 atom stereocenters. The van der Waals surface area contributed by atoms with E-state index in [1.165, 1.54) is 7.11 Å². The van der Waals surface area contributed by atoms with Crippen molar-refractivity contribution < 1.29 is 19.4 Å². The summed E-state index contributed by atoms with van der Waals surface area (Å²) in [7, 11) is 1.29. The van der Waals surface area contributed by atoms with Crippen molar-refractivity contribution in [2.75, 3.05) is 7.11 Å². The first-order chi connectivity index (χ1) is 8.02. The Morgan fingerprint density at radius 1 is 1.47 bits per heavy atom. The predicted octanol–water partition coefficient (Wildman–Crippen LogP) is 1.51. The largest absolute Gasteiger partial charge is 0.481 e. The van der Waals surface area contributed by atoms with Crippen LogP contribution in [-0.4, -0.2) is 29.1 Å². The molecule has 0 spiro atoms. The molecule has 5 nitrogen and oxygen atoms in total. The van der Waals surface area contributed by atoms with Crippen molar-refractivity contribution in [1.29, 1.82) is 0 Å². The Labute approximate surface area is 99.4 Å². The van der Waals surface area contributed by atoms with Gasteiger partial charge in [0.2, 0.25) is 0 Å². The number of aryl methyl sites for hydroxylation is 1. The molecule has 0 aliphatic carbocycles. The van der Waals surface area contributed by atoms with E-state index < -0.39 is 11.9 Å². The number of carbonyl (C=O) groups is 2. The first-order valence-corrected chi connectivity index (χ1v) is 5.24. The summed E-state index contributed by atoms with van der Waals surface area (Å²) < 4.78 is 4.57. The molecule has 1 rings (SSSR count). The summed E-state index contributed by atoms with van der Waals surface area (Å²) >= 11 is 0. The Balaban J connectivity index is 2.89. The number of hydrogen-bond acceptors (Lipinski definition) is 4. The maximum absolute atomic E-state index is 11.2. The normalized spacial score (nSPS) is 11.9. The maximum atomic E-state index is 11.2. The quantitative estimate of drug-likeness (QED) is 0.785. The number of ether oxygens (including phenoxy) is 1. The standard InChI is InChI=1S/C12H15NO4/c1-8-5-9(3-4-13-8)10(6-11(14)15)7-12(16)17-2/h3-5,10H,6-7H2,1-2H3,(H,14,15). The average molecular weight is 237 g/mol. The minimum Gasteiger partial charge on any atom is -0.481 e. The number of rotatable bonds is 5. The number of carboxylic acid groups (broad SMARTS) is 1. The Kier molecular flexibility index (Phi) is 4.63. The zero-order valence-electron chi connectivity index (χ0n) is 9.84. The zero-order valence-corrected chi connectivity index (χ0v) is 9.84. The summed E-state index contributed by atoms with van der Waals surface area (Å²) in [6.45, 7) is 1.82. The van der Waals surface area contributed by atoms with Gasteiger partial charge in [-0.2, -0.15) is 0 Å². The van der Waals surface area contributed by atoms with Gasteiger partial charge in [0.05, 0.1) is 20.0 Å². The van der Waals surface area contributed by atoms with Crippen molar-refractivity contribution in [3.63, 3.8) is 0 Å². The Morgan fingerprint density at radius 2 is 2.18 bits per heavy atom. The average Bonchev–Trinajstić information content (AvgIpc) is 2.27. The summed E-state index contributed by atoms with van der Waals surface area (Å²) in [5, 5.41) is 8.83. The Morgan fingerprint density at radius 3 is 2.71 bits per heavy atom. The van der Waals surface area contributed by atoms with E-state index in [1.54, 1.807) is 18.3 Å². The fourth-order valence-electron chi connectivity index (χ4n) is 1.62. The number of esters is 1. The lowest BCUT2D eigenvalue weighted by Gasteiger charge is -2.14. The molecule has 92 valence electrons. The lowest BCUT2D eigenvalue weighted by atomic mass is 9.93. The third-order valence-electron chi connectivity index (χ3n) is 2.45. The van der Waals surface area contributed by atoms with Crippen LogP contribution in [0.1, 0.15) is 30.0 Å². The highest BCUT2D eigenvalue weighted by atomic mass is 16.5. The molecule has 0 fully saturated rings. The van der Waals surface area contributed by atoms with E-state index in [1.807, 2.05) is 6.92 Å². The minimum absolute atomic E-state index is 0.0618. The molecule has 0 aliphatic rings. The van der Waals surface area contributed by atoms with E-state index in [4.69, 9.17) is 5.11 Å². The van der Waals surface area contributed by atoms with Gasteiger partial charge < -0.3 is 9.84 Å². The highest BCUT2D eigenvalue weighted by Crippen LogP contribution is 2.24. The molecule has 1 aromatic heterocycles. The van der Waals surface area contributed by atoms with Gasteiger partial charge in [-0.15, -0.1) is 0 Å². The van der Waals surface area contributed by atoms with Crippen molar-refractivity contribution in [3.8, 4) is 0 Å². The zero-order chi connectivity index (χ0) is 12.8. The van der Waals surface area contributed by atoms with Gasteiger partial charge in [0.15, 0.2) is 0 Å². The number of methoxy groups -OCH3 is 1. The van der Waals surface area contributed by atoms with Crippen LogP contribution in [0.25, 0.3) is 0 Å². The molecule has 1 N–H and O–H groups in total. The summed E-state index contributed by atoms with van der Waals surface area (Å²) in [6, 6.07) is 3.51. The van der Waals surface area contributed by atoms with Crippen LogP contribution in [0.15, 0.2) is 18.3 Å². The fourth-order valence-corrected chi connectivity index (χ4v) is 1.62. The van der Waals surface area contributed by atoms with E-state index in [9.17, 15) is 9.59 Å². The van der Waals surface area contributed by atoms with Crippen molar-refractivity contribution in [2.24, 2.45) is 0 Å². The van der Waals surface area contributed by atoms with Crippen LogP contribution in [0.5, 0.6) is 0 Å². The van der Waals surface area contributed by atoms with Gasteiger partial charge in [-0.3, -0.25) is 14.6 Å². The maximum Gasteiger partial charge on any atom is 0.306 e. The fraction of sp³-hybridized carbons (Fsp3) is 0.417. The highest BCUT2D eigenvalue weighted by molar-refractivity contribution is 5.73. The molecule has 5 heteroatoms. The van der Waals surface area contributed by atoms with Crippen LogP contribution in [-0.2, 0) is 14.3 Å². The second kappa shape index (κ2) is 5.98. The van der Waals surface area contributed by atoms with Gasteiger partial charge in [-0.05, 0) is 24.6 Å². The van der Waals surface area contributed by atoms with Crippen LogP contribution in [0, 0.1) is 6.92 Å². The number of pyridine rings is 1. The SMILES string of the molecule is COC(=O)CC(CC(=O)O)c1ccnc(C)c1. The second-order valence-corrected chi connectivity index (χ2v) is 3.81. The van der Waals surface area contributed by atoms with Crippen molar-refractivity contribution in [3.05, 3.63) is 29.6 Å². The first-order valence-electron chi connectivity index (χ1n) is 5.24. The van der Waals surface area contributed by atoms with Crippen LogP contribution in [0.4, 0.5) is 0 Å². The smallest absolute Gasteiger partial charge is 0.306 e. The predicted molar refractivity (Wildman–Crippen MR) is 60.6 cm³/mol. The molecule has 17 heavy (non-hydrogen) atoms. The van der Waals surface area contributed by atoms with Gasteiger partial charge >= 0.3 is 11.9 Å². The Bertz CT molecular complexity index is 417. The van der Waals surface area contributed by atoms with Crippen molar-refractivity contribution in [1.82, 2.24) is 4.98 Å². The van der Waals surface area contributed by atoms with E-state index in [0.29, 0.717) is 0 Å². The molecule has 0 aromatic carbocycles. The van der Waals surface area contributed by atoms with Gasteiger partial charge in [-0.25, -0.2) is 0 Å². The van der Waals surface area contributed by atoms with E-state index in [0.717, 1.165) is 11.3 Å². The van der Waals surface area contributed by atoms with Gasteiger partial charge in [-0.1, -0.05) is 0 Å². The number of carbonyl (C=O) groups excluding carboxylic acids is 1. The number of hydrogen-bond donors (Lipinski definition) is 1. The summed E-state index contributed by atoms with van der Waals surface area (Å²) in [5.41, 5.74) is 1.59. The van der Waals surface area contributed by atoms with Crippen LogP contribution in [0.3, 0.4) is 0 Å². The van der Waals surface area contributed by atoms with Crippen molar-refractivity contribution >= 4 is 11.9 Å². The highest BCUT2D eigenvalue weighted by Gasteiger charge is 2.19. The van der Waals surface area contributed by atoms with Gasteiger partial charge in [0.1, 0.15) is 0 Å². The molecular weight excluding hydrogens is 222 g/mol. The van der Waals surface area contributed by atoms with E-state index >= 15 is 0 Å². The molecule has 0 radical (unpaired) electrons. The minimum atomic E-state index is -0.937. The molecule has 0 bridgehead atoms. The number of carboxylic acids is 1. The van der Waals surface area contributed by atoms with Gasteiger partial charge in [0.25, 0.3) is 0 Å². The molecule has 1 aromatic rings. The second-order valence-electron chi connectivity index (χ2n) is 3.81. The lowest BCUT2D eigenvalue weighted by molar-refractivity contribution is -0.141. The topological polar surface area (TPSA) is 76.5 Å². The monoisotopic (exact) mass is 237 g/mol. The summed E-state index contributed by atoms with van der Waals surface area (Å²) in [5.74, 6) is -1.72. The van der Waals surface area contributed by atoms with Crippen LogP contribution in [0.2, 0.25) is 0 Å². The number of aliphatic carboxylic acids is 1. The molecular formula is C12H15NO4. The first kappa shape index (κ1) is 13.2. The van der Waals surface area contributed by atoms with Gasteiger partial charge in [0, 0.05) is 17.8 Å². The number of aromatic nitrogens is 1. The molecule has 0 aliphatic heterocycles. The van der Waals surface area contributed by atoms with Crippen LogP contribution < -0.4 is 0 Å². The number of nitrogens with zero attached hydrogens (tertiary/aromatic N) is 1. The molecule has 1 unspecified atom stereocenters. The molecule has 0 saturated carbocycles. The third-order valence-corrected chi connectivity index (χ3v) is 2.45. The van der Waals surface area contributed by atoms with E-state index in [2.05, 4.69) is 9.72 Å². The van der Waals surface area contributed by atoms with Crippen molar-refractivity contribution in [2.45, 2.75) is 25.7 Å². The summed E-state index contributed by atoms with van der Waals surface area (Å²) in [6.07, 6.45) is 1.57. The summed E-state index contributed by atoms with van der Waals surface area (Å²) in [4.78, 5) is 26.0. The molecule has 1 heterocycles. The molecule has 0 amide bonds.